The number of aromatic amines is 1. The highest BCUT2D eigenvalue weighted by Gasteiger charge is 2.31. The highest BCUT2D eigenvalue weighted by atomic mass is 32.2. The van der Waals surface area contributed by atoms with Gasteiger partial charge in [0.2, 0.25) is 27.7 Å². The molecule has 4 aromatic rings. The van der Waals surface area contributed by atoms with Crippen molar-refractivity contribution in [2.24, 2.45) is 0 Å². The van der Waals surface area contributed by atoms with E-state index in [1.54, 1.807) is 41.5 Å². The number of sulfonamides is 1. The average Bonchev–Trinajstić information content (AvgIpc) is 0.969. The minimum atomic E-state index is -4.77. The Bertz CT molecular complexity index is 3340. The summed E-state index contributed by atoms with van der Waals surface area (Å²) in [5, 5.41) is 56.9. The predicted molar refractivity (Wildman–Crippen MR) is 336 cm³/mol. The normalized spacial score (nSPS) is 14.6. The van der Waals surface area contributed by atoms with Crippen molar-refractivity contribution < 1.29 is 99.1 Å². The molecule has 5 amide bonds. The number of carboxylic acid groups (broad SMARTS) is 4. The predicted octanol–water partition coefficient (Wildman–Crippen LogP) is -1.30. The number of hydrogen-bond donors (Lipinski definition) is 12. The van der Waals surface area contributed by atoms with Crippen LogP contribution in [0.15, 0.2) is 53.8 Å². The standard InChI is InChI=1S/C57H86N14O21S2/c1-40-31-44(32-41(2)52(40)94(87,88)66-45(55(80)81)35-63-53(78)42-8-9-47-43(33-42)34-64-71(47)15-4-10-60-56-61-13-14-62-56)92-26-3-7-48(72)58-11-5-24-89-27-29-91-30-28-90-25-6-12-59-54(79)46(39-93(84,85)86)65-49(73)36-67-16-17-68(37-50(74)75)18-19-69(38-51(76)77)21-23-70(22-20-67)57(82)83/h8-9,13-14,31-34,45-46,66H,3-7,10-12,15-30,35-39H2,1-2H3,(H,58,72)(H,59,79)(H,63,78)(H,65,73)(H,74,75)(H,76,77)(H,80,81)(H,82,83)(H2,60,61,62)(H,84,85,86)/t45-,46+/m0/s1. The van der Waals surface area contributed by atoms with E-state index in [4.69, 9.17) is 18.9 Å². The maximum atomic E-state index is 13.6. The highest BCUT2D eigenvalue weighted by molar-refractivity contribution is 7.89. The second kappa shape index (κ2) is 39.5. The maximum absolute atomic E-state index is 13.6. The van der Waals surface area contributed by atoms with Gasteiger partial charge < -0.3 is 75.8 Å². The number of aromatic nitrogens is 4. The molecule has 0 aliphatic carbocycles. The molecule has 35 nitrogen and oxygen atoms in total. The number of hydrogen-bond acceptors (Lipinski definition) is 22. The summed E-state index contributed by atoms with van der Waals surface area (Å²) in [7, 11) is -9.18. The molecule has 0 unspecified atom stereocenters. The number of nitrogens with one attached hydrogen (secondary N) is 7. The molecular weight excluding hydrogens is 1280 g/mol. The molecule has 5 rings (SSSR count). The van der Waals surface area contributed by atoms with E-state index in [1.807, 2.05) is 0 Å². The first-order chi connectivity index (χ1) is 44.8. The fourth-order valence-electron chi connectivity index (χ4n) is 9.73. The van der Waals surface area contributed by atoms with E-state index in [0.717, 1.165) is 16.8 Å². The molecular formula is C57H86N14O21S2. The van der Waals surface area contributed by atoms with Crippen LogP contribution in [0.25, 0.3) is 10.9 Å². The van der Waals surface area contributed by atoms with Gasteiger partial charge >= 0.3 is 24.0 Å². The molecule has 0 radical (unpaired) electrons. The lowest BCUT2D eigenvalue weighted by molar-refractivity contribution is -0.140. The molecule has 37 heteroatoms. The summed E-state index contributed by atoms with van der Waals surface area (Å²) in [6.45, 7) is 4.61. The van der Waals surface area contributed by atoms with Gasteiger partial charge in [0.25, 0.3) is 16.0 Å². The summed E-state index contributed by atoms with van der Waals surface area (Å²) in [6.07, 6.45) is 5.74. The zero-order chi connectivity index (χ0) is 68.6. The number of carbonyl (C=O) groups is 8. The van der Waals surface area contributed by atoms with Crippen LogP contribution in [0.3, 0.4) is 0 Å². The fraction of sp³-hybridized carbons (Fsp3) is 0.579. The quantitative estimate of drug-likeness (QED) is 0.0182. The Morgan fingerprint density at radius 3 is 1.81 bits per heavy atom. The van der Waals surface area contributed by atoms with Crippen LogP contribution < -0.4 is 36.0 Å². The SMILES string of the molecule is Cc1cc(OCCCC(=O)NCCCOCCOCCOCCCNC(=O)[C@@H](CS(=O)(=O)O)NC(=O)CN2CCN(CC(=O)O)CCN(CC(=O)O)CCN(C(=O)O)CC2)cc(C)c1S(=O)(=O)N[C@@H](CNC(=O)c1ccc2c(cnn2CCCNc2ncc[nH]2)c1)C(=O)O. The zero-order valence-electron chi connectivity index (χ0n) is 52.5. The number of rotatable bonds is 41. The number of carboxylic acids is 3. The molecule has 1 fully saturated rings. The molecule has 2 aromatic carbocycles. The van der Waals surface area contributed by atoms with E-state index in [1.165, 1.54) is 40.7 Å². The summed E-state index contributed by atoms with van der Waals surface area (Å²) in [4.78, 5) is 112. The van der Waals surface area contributed by atoms with Crippen molar-refractivity contribution in [2.75, 3.05) is 155 Å². The van der Waals surface area contributed by atoms with Crippen LogP contribution in [0.2, 0.25) is 0 Å². The Labute approximate surface area is 543 Å². The molecule has 1 aliphatic rings. The highest BCUT2D eigenvalue weighted by Crippen LogP contribution is 2.26. The molecule has 3 heterocycles. The van der Waals surface area contributed by atoms with E-state index in [2.05, 4.69) is 46.4 Å². The van der Waals surface area contributed by atoms with Gasteiger partial charge in [-0.3, -0.25) is 57.5 Å². The van der Waals surface area contributed by atoms with Crippen LogP contribution >= 0.6 is 0 Å². The molecule has 0 spiro atoms. The maximum Gasteiger partial charge on any atom is 0.407 e. The number of carbonyl (C=O) groups excluding carboxylic acids is 4. The van der Waals surface area contributed by atoms with Crippen LogP contribution in [0, 0.1) is 13.8 Å². The van der Waals surface area contributed by atoms with Crippen LogP contribution in [0.1, 0.15) is 53.6 Å². The van der Waals surface area contributed by atoms with Crippen molar-refractivity contribution in [3.8, 4) is 5.75 Å². The van der Waals surface area contributed by atoms with Crippen molar-refractivity contribution in [3.63, 3.8) is 0 Å². The summed E-state index contributed by atoms with van der Waals surface area (Å²) >= 11 is 0. The number of H-pyrrole nitrogens is 1. The van der Waals surface area contributed by atoms with Crippen molar-refractivity contribution in [1.82, 2.24) is 65.3 Å². The number of imidazole rings is 1. The number of aryl methyl sites for hydroxylation is 3. The smallest absolute Gasteiger partial charge is 0.407 e. The number of amides is 5. The van der Waals surface area contributed by atoms with Gasteiger partial charge in [0.15, 0.2) is 5.95 Å². The van der Waals surface area contributed by atoms with Gasteiger partial charge in [0.1, 0.15) is 23.6 Å². The van der Waals surface area contributed by atoms with Crippen molar-refractivity contribution >= 4 is 84.6 Å². The van der Waals surface area contributed by atoms with Gasteiger partial charge in [-0.05, 0) is 81.0 Å². The molecule has 94 heavy (non-hydrogen) atoms. The van der Waals surface area contributed by atoms with Gasteiger partial charge in [-0.1, -0.05) is 0 Å². The van der Waals surface area contributed by atoms with Crippen LogP contribution in [0.5, 0.6) is 5.75 Å². The molecule has 2 aromatic heterocycles. The first-order valence-corrected chi connectivity index (χ1v) is 33.4. The third-order valence-electron chi connectivity index (χ3n) is 14.3. The number of anilines is 1. The molecule has 2 atom stereocenters. The van der Waals surface area contributed by atoms with Crippen LogP contribution in [-0.2, 0) is 69.7 Å². The summed E-state index contributed by atoms with van der Waals surface area (Å²) < 4.78 is 86.9. The van der Waals surface area contributed by atoms with E-state index in [0.29, 0.717) is 56.2 Å². The zero-order valence-corrected chi connectivity index (χ0v) is 54.1. The molecule has 0 saturated carbocycles. The third kappa shape index (κ3) is 28.6. The topological polar surface area (TPSA) is 475 Å². The van der Waals surface area contributed by atoms with E-state index >= 15 is 0 Å². The van der Waals surface area contributed by atoms with Gasteiger partial charge in [0, 0.05) is 128 Å². The first-order valence-electron chi connectivity index (χ1n) is 30.3. The lowest BCUT2D eigenvalue weighted by Gasteiger charge is -2.32. The second-order valence-corrected chi connectivity index (χ2v) is 25.0. The number of fused-ring (bicyclic) bond motifs is 1. The summed E-state index contributed by atoms with van der Waals surface area (Å²) in [5.74, 6) is -6.50. The monoisotopic (exact) mass is 1370 g/mol. The molecule has 1 saturated heterocycles. The Morgan fingerprint density at radius 2 is 1.24 bits per heavy atom. The van der Waals surface area contributed by atoms with E-state index in [-0.39, 0.29) is 139 Å². The lowest BCUT2D eigenvalue weighted by atomic mass is 10.1. The molecule has 0 bridgehead atoms. The summed E-state index contributed by atoms with van der Waals surface area (Å²) in [6, 6.07) is 4.51. The van der Waals surface area contributed by atoms with Crippen molar-refractivity contribution in [1.29, 1.82) is 0 Å². The fourth-order valence-corrected chi connectivity index (χ4v) is 12.0. The first kappa shape index (κ1) is 76.6. The molecule has 1 aliphatic heterocycles. The largest absolute Gasteiger partial charge is 0.494 e. The van der Waals surface area contributed by atoms with Gasteiger partial charge in [-0.15, -0.1) is 0 Å². The number of aliphatic carboxylic acids is 3. The van der Waals surface area contributed by atoms with Gasteiger partial charge in [0.05, 0.1) is 69.3 Å². The second-order valence-electron chi connectivity index (χ2n) is 21.9. The Balaban J connectivity index is 0.896. The van der Waals surface area contributed by atoms with Crippen molar-refractivity contribution in [3.05, 3.63) is 65.6 Å². The number of ether oxygens (including phenoxy) is 4. The van der Waals surface area contributed by atoms with E-state index in [9.17, 15) is 80.2 Å². The number of nitrogens with zero attached hydrogens (tertiary/aromatic N) is 7. The molecule has 522 valence electrons. The van der Waals surface area contributed by atoms with Gasteiger partial charge in [-0.25, -0.2) is 18.2 Å². The summed E-state index contributed by atoms with van der Waals surface area (Å²) in [5.41, 5.74) is 1.59. The van der Waals surface area contributed by atoms with Crippen LogP contribution in [0.4, 0.5) is 10.7 Å². The Kier molecular flexibility index (Phi) is 32.2. The Morgan fingerprint density at radius 1 is 0.660 bits per heavy atom. The number of benzene rings is 2. The van der Waals surface area contributed by atoms with Crippen LogP contribution in [-0.4, -0.2) is 291 Å². The minimum Gasteiger partial charge on any atom is -0.494 e. The third-order valence-corrected chi connectivity index (χ3v) is 16.9. The van der Waals surface area contributed by atoms with Gasteiger partial charge in [-0.2, -0.15) is 18.2 Å². The lowest BCUT2D eigenvalue weighted by Crippen LogP contribution is -2.54. The van der Waals surface area contributed by atoms with E-state index < -0.39 is 106 Å². The van der Waals surface area contributed by atoms with Crippen molar-refractivity contribution in [2.45, 2.75) is 69.5 Å². The average molecular weight is 1370 g/mol. The Hall–Kier alpha value is -8.14. The molecule has 12 N–H and O–H groups in total. The minimum absolute atomic E-state index is 0.00498.